The van der Waals surface area contributed by atoms with E-state index in [1.54, 1.807) is 7.11 Å². The van der Waals surface area contributed by atoms with Crippen molar-refractivity contribution in [2.45, 2.75) is 6.61 Å². The molecule has 0 aliphatic heterocycles. The van der Waals surface area contributed by atoms with E-state index in [1.807, 2.05) is 48.5 Å². The lowest BCUT2D eigenvalue weighted by atomic mass is 10.2. The van der Waals surface area contributed by atoms with Crippen LogP contribution >= 0.6 is 8.58 Å². The molecule has 3 nitrogen and oxygen atoms in total. The second-order valence-corrected chi connectivity index (χ2v) is 5.31. The fourth-order valence-electron chi connectivity index (χ4n) is 1.74. The Bertz CT molecular complexity index is 528. The summed E-state index contributed by atoms with van der Waals surface area (Å²) in [5, 5.41) is 11.6. The molecule has 0 saturated heterocycles. The minimum Gasteiger partial charge on any atom is -0.467 e. The quantitative estimate of drug-likeness (QED) is 0.646. The lowest BCUT2D eigenvalue weighted by Crippen LogP contribution is -2.12. The van der Waals surface area contributed by atoms with Crippen molar-refractivity contribution in [1.29, 1.82) is 0 Å². The van der Waals surface area contributed by atoms with Gasteiger partial charge in [0.2, 0.25) is 0 Å². The largest absolute Gasteiger partial charge is 0.467 e. The predicted octanol–water partition coefficient (Wildman–Crippen LogP) is 1.79. The van der Waals surface area contributed by atoms with E-state index in [9.17, 15) is 5.11 Å². The van der Waals surface area contributed by atoms with E-state index in [2.05, 4.69) is 0 Å². The first-order chi connectivity index (χ1) is 9.35. The third kappa shape index (κ3) is 3.77. The molecule has 0 spiro atoms. The number of rotatable bonds is 6. The van der Waals surface area contributed by atoms with E-state index in [4.69, 9.17) is 9.47 Å². The maximum Gasteiger partial charge on any atom is 0.188 e. The molecule has 2 aromatic carbocycles. The number of para-hydroxylation sites is 1. The number of benzene rings is 2. The molecule has 0 aromatic heterocycles. The van der Waals surface area contributed by atoms with Crippen molar-refractivity contribution >= 4 is 19.2 Å². The van der Waals surface area contributed by atoms with E-state index in [1.165, 1.54) is 0 Å². The standard InChI is InChI=1S/C15H17O3P/c1-17-11-18-13-7-3-5-9-15(13)19-14-8-4-2-6-12(14)10-16/h2-9,16,19H,10-11H2,1H3. The maximum atomic E-state index is 9.36. The Morgan fingerprint density at radius 3 is 2.42 bits per heavy atom. The third-order valence-electron chi connectivity index (χ3n) is 2.68. The minimum atomic E-state index is 0.0598. The van der Waals surface area contributed by atoms with E-state index in [0.717, 1.165) is 21.9 Å². The molecule has 0 saturated carbocycles. The molecule has 100 valence electrons. The van der Waals surface area contributed by atoms with Crippen LogP contribution in [0.4, 0.5) is 0 Å². The summed E-state index contributed by atoms with van der Waals surface area (Å²) in [6.45, 7) is 0.299. The van der Waals surface area contributed by atoms with Gasteiger partial charge in [-0.1, -0.05) is 51.0 Å². The molecule has 19 heavy (non-hydrogen) atoms. The lowest BCUT2D eigenvalue weighted by molar-refractivity contribution is 0.0519. The summed E-state index contributed by atoms with van der Waals surface area (Å²) >= 11 is 0. The van der Waals surface area contributed by atoms with Crippen molar-refractivity contribution in [3.63, 3.8) is 0 Å². The second-order valence-electron chi connectivity index (χ2n) is 3.99. The molecule has 0 amide bonds. The smallest absolute Gasteiger partial charge is 0.188 e. The highest BCUT2D eigenvalue weighted by Gasteiger charge is 2.07. The van der Waals surface area contributed by atoms with Crippen LogP contribution in [0.3, 0.4) is 0 Å². The van der Waals surface area contributed by atoms with Gasteiger partial charge in [0.05, 0.1) is 6.61 Å². The minimum absolute atomic E-state index is 0.0598. The number of aliphatic hydroxyl groups excluding tert-OH is 1. The summed E-state index contributed by atoms with van der Waals surface area (Å²) in [6.07, 6.45) is 0. The van der Waals surface area contributed by atoms with Crippen LogP contribution < -0.4 is 15.3 Å². The summed E-state index contributed by atoms with van der Waals surface area (Å²) in [5.74, 6) is 0.829. The third-order valence-corrected chi connectivity index (χ3v) is 4.12. The lowest BCUT2D eigenvalue weighted by Gasteiger charge is -2.12. The molecule has 0 radical (unpaired) electrons. The van der Waals surface area contributed by atoms with Gasteiger partial charge in [0.25, 0.3) is 0 Å². The second kappa shape index (κ2) is 7.25. The fourth-order valence-corrected chi connectivity index (χ4v) is 2.99. The Kier molecular flexibility index (Phi) is 5.34. The van der Waals surface area contributed by atoms with Crippen LogP contribution in [0.15, 0.2) is 48.5 Å². The number of ether oxygens (including phenoxy) is 2. The highest BCUT2D eigenvalue weighted by atomic mass is 31.1. The van der Waals surface area contributed by atoms with Crippen LogP contribution in [0.1, 0.15) is 5.56 Å². The molecule has 0 heterocycles. The van der Waals surface area contributed by atoms with Gasteiger partial charge in [0.15, 0.2) is 6.79 Å². The summed E-state index contributed by atoms with van der Waals surface area (Å²) in [4.78, 5) is 0. The fraction of sp³-hybridized carbons (Fsp3) is 0.200. The molecular weight excluding hydrogens is 259 g/mol. The molecule has 0 fully saturated rings. The zero-order chi connectivity index (χ0) is 13.5. The van der Waals surface area contributed by atoms with Gasteiger partial charge in [0, 0.05) is 12.4 Å². The number of hydrogen-bond acceptors (Lipinski definition) is 3. The van der Waals surface area contributed by atoms with Gasteiger partial charge in [-0.15, -0.1) is 0 Å². The molecular formula is C15H17O3P. The van der Waals surface area contributed by atoms with Crippen LogP contribution in [-0.2, 0) is 11.3 Å². The zero-order valence-corrected chi connectivity index (χ0v) is 11.8. The Hall–Kier alpha value is -1.41. The van der Waals surface area contributed by atoms with Crippen LogP contribution in [0.2, 0.25) is 0 Å². The number of hydrogen-bond donors (Lipinski definition) is 1. The van der Waals surface area contributed by atoms with Gasteiger partial charge in [-0.25, -0.2) is 0 Å². The Morgan fingerprint density at radius 2 is 1.68 bits per heavy atom. The van der Waals surface area contributed by atoms with Gasteiger partial charge >= 0.3 is 0 Å². The first-order valence-corrected chi connectivity index (χ1v) is 7.01. The van der Waals surface area contributed by atoms with E-state index >= 15 is 0 Å². The van der Waals surface area contributed by atoms with E-state index in [-0.39, 0.29) is 13.4 Å². The molecule has 0 bridgehead atoms. The molecule has 1 unspecified atom stereocenters. The van der Waals surface area contributed by atoms with Crippen molar-refractivity contribution in [2.75, 3.05) is 13.9 Å². The summed E-state index contributed by atoms with van der Waals surface area (Å²) in [5.41, 5.74) is 0.961. The summed E-state index contributed by atoms with van der Waals surface area (Å²) in [6, 6.07) is 15.8. The van der Waals surface area contributed by atoms with Crippen molar-refractivity contribution < 1.29 is 14.6 Å². The predicted molar refractivity (Wildman–Crippen MR) is 78.9 cm³/mol. The molecule has 4 heteroatoms. The highest BCUT2D eigenvalue weighted by molar-refractivity contribution is 7.55. The van der Waals surface area contributed by atoms with Crippen LogP contribution in [-0.4, -0.2) is 19.0 Å². The van der Waals surface area contributed by atoms with Gasteiger partial charge < -0.3 is 14.6 Å². The Labute approximate surface area is 115 Å². The van der Waals surface area contributed by atoms with Crippen LogP contribution in [0.25, 0.3) is 0 Å². The molecule has 1 atom stereocenters. The first-order valence-electron chi connectivity index (χ1n) is 6.01. The summed E-state index contributed by atoms with van der Waals surface area (Å²) < 4.78 is 10.5. The monoisotopic (exact) mass is 276 g/mol. The van der Waals surface area contributed by atoms with Crippen molar-refractivity contribution in [1.82, 2.24) is 0 Å². The Balaban J connectivity index is 2.22. The normalized spacial score (nSPS) is 11.1. The zero-order valence-electron chi connectivity index (χ0n) is 10.8. The molecule has 0 aliphatic rings. The van der Waals surface area contributed by atoms with E-state index in [0.29, 0.717) is 8.58 Å². The first kappa shape index (κ1) is 14.0. The van der Waals surface area contributed by atoms with E-state index < -0.39 is 0 Å². The summed E-state index contributed by atoms with van der Waals surface area (Å²) in [7, 11) is 2.06. The average Bonchev–Trinajstić information content (AvgIpc) is 2.47. The number of aliphatic hydroxyl groups is 1. The number of methoxy groups -OCH3 is 1. The molecule has 0 aliphatic carbocycles. The van der Waals surface area contributed by atoms with Crippen molar-refractivity contribution in [3.05, 3.63) is 54.1 Å². The molecule has 1 N–H and O–H groups in total. The van der Waals surface area contributed by atoms with Crippen LogP contribution in [0.5, 0.6) is 5.75 Å². The SMILES string of the molecule is COCOc1ccccc1Pc1ccccc1CO. The molecule has 2 aromatic rings. The topological polar surface area (TPSA) is 38.7 Å². The van der Waals surface area contributed by atoms with Gasteiger partial charge in [-0.3, -0.25) is 0 Å². The van der Waals surface area contributed by atoms with Crippen LogP contribution in [0, 0.1) is 0 Å². The average molecular weight is 276 g/mol. The van der Waals surface area contributed by atoms with Gasteiger partial charge in [-0.2, -0.15) is 0 Å². The van der Waals surface area contributed by atoms with Gasteiger partial charge in [0.1, 0.15) is 5.75 Å². The van der Waals surface area contributed by atoms with Gasteiger partial charge in [-0.05, 0) is 16.9 Å². The Morgan fingerprint density at radius 1 is 1.00 bits per heavy atom. The highest BCUT2D eigenvalue weighted by Crippen LogP contribution is 2.20. The molecule has 2 rings (SSSR count). The van der Waals surface area contributed by atoms with Crippen molar-refractivity contribution in [2.24, 2.45) is 0 Å². The maximum absolute atomic E-state index is 9.36. The van der Waals surface area contributed by atoms with Crippen molar-refractivity contribution in [3.8, 4) is 5.75 Å².